The molecule has 0 radical (unpaired) electrons. The molecule has 0 saturated carbocycles. The van der Waals surface area contributed by atoms with Gasteiger partial charge >= 0.3 is 6.03 Å². The highest BCUT2D eigenvalue weighted by Crippen LogP contribution is 2.34. The van der Waals surface area contributed by atoms with Crippen molar-refractivity contribution in [2.75, 3.05) is 11.9 Å². The van der Waals surface area contributed by atoms with Gasteiger partial charge in [0, 0.05) is 21.3 Å². The Bertz CT molecular complexity index is 998. The Morgan fingerprint density at radius 1 is 1.21 bits per heavy atom. The number of aryl methyl sites for hydroxylation is 1. The summed E-state index contributed by atoms with van der Waals surface area (Å²) in [6.45, 7) is 2.56. The van der Waals surface area contributed by atoms with Crippen LogP contribution in [0.25, 0.3) is 0 Å². The Morgan fingerprint density at radius 2 is 1.93 bits per heavy atom. The van der Waals surface area contributed by atoms with Gasteiger partial charge in [0.2, 0.25) is 5.91 Å². The first kappa shape index (κ1) is 20.1. The van der Waals surface area contributed by atoms with E-state index >= 15 is 0 Å². The Hall–Kier alpha value is -2.64. The van der Waals surface area contributed by atoms with Crippen LogP contribution in [0.15, 0.2) is 36.4 Å². The van der Waals surface area contributed by atoms with Crippen molar-refractivity contribution < 1.29 is 18.8 Å². The average molecular weight is 424 g/mol. The zero-order valence-electron chi connectivity index (χ0n) is 15.0. The Kier molecular flexibility index (Phi) is 5.32. The van der Waals surface area contributed by atoms with E-state index < -0.39 is 35.7 Å². The summed E-state index contributed by atoms with van der Waals surface area (Å²) >= 11 is 12.1. The Morgan fingerprint density at radius 3 is 2.57 bits per heavy atom. The fraction of sp³-hybridized carbons (Fsp3) is 0.211. The first-order valence-corrected chi connectivity index (χ1v) is 9.03. The van der Waals surface area contributed by atoms with E-state index in [1.54, 1.807) is 19.1 Å². The van der Waals surface area contributed by atoms with E-state index in [9.17, 15) is 18.8 Å². The molecule has 2 aromatic rings. The standard InChI is InChI=1S/C19H16Cl2FN3O3/c1-10-3-5-12(8-15(10)22)23-16(26)9-25-17(27)19(2,24-18(25)28)13-6-4-11(20)7-14(13)21/h3-8H,9H2,1-2H3,(H,23,26)(H,24,28). The maximum Gasteiger partial charge on any atom is 0.325 e. The highest BCUT2D eigenvalue weighted by molar-refractivity contribution is 6.35. The van der Waals surface area contributed by atoms with Crippen molar-refractivity contribution in [2.45, 2.75) is 19.4 Å². The van der Waals surface area contributed by atoms with Gasteiger partial charge in [-0.15, -0.1) is 0 Å². The molecule has 1 atom stereocenters. The maximum absolute atomic E-state index is 13.6. The van der Waals surface area contributed by atoms with E-state index in [1.807, 2.05) is 0 Å². The number of benzene rings is 2. The highest BCUT2D eigenvalue weighted by atomic mass is 35.5. The van der Waals surface area contributed by atoms with Crippen LogP contribution < -0.4 is 10.6 Å². The minimum Gasteiger partial charge on any atom is -0.324 e. The fourth-order valence-electron chi connectivity index (χ4n) is 2.93. The third kappa shape index (κ3) is 3.68. The van der Waals surface area contributed by atoms with Gasteiger partial charge in [-0.2, -0.15) is 0 Å². The molecule has 1 unspecified atom stereocenters. The van der Waals surface area contributed by atoms with Crippen molar-refractivity contribution >= 4 is 46.7 Å². The molecule has 3 rings (SSSR count). The molecule has 1 aliphatic rings. The minimum atomic E-state index is -1.44. The second kappa shape index (κ2) is 7.41. The molecule has 1 saturated heterocycles. The van der Waals surface area contributed by atoms with E-state index in [2.05, 4.69) is 10.6 Å². The summed E-state index contributed by atoms with van der Waals surface area (Å²) in [6, 6.07) is 8.03. The van der Waals surface area contributed by atoms with Crippen LogP contribution in [-0.2, 0) is 15.1 Å². The summed E-state index contributed by atoms with van der Waals surface area (Å²) in [5.74, 6) is -1.75. The second-order valence-electron chi connectivity index (χ2n) is 6.58. The molecule has 1 aliphatic heterocycles. The lowest BCUT2D eigenvalue weighted by Gasteiger charge is -2.23. The normalized spacial score (nSPS) is 19.0. The SMILES string of the molecule is Cc1ccc(NC(=O)CN2C(=O)NC(C)(c3ccc(Cl)cc3Cl)C2=O)cc1F. The first-order valence-electron chi connectivity index (χ1n) is 8.27. The molecule has 2 N–H and O–H groups in total. The number of nitrogens with one attached hydrogen (secondary N) is 2. The summed E-state index contributed by atoms with van der Waals surface area (Å²) in [5, 5.41) is 5.63. The predicted molar refractivity (Wildman–Crippen MR) is 104 cm³/mol. The molecule has 146 valence electrons. The summed E-state index contributed by atoms with van der Waals surface area (Å²) in [5.41, 5.74) is -0.415. The Balaban J connectivity index is 1.78. The number of anilines is 1. The van der Waals surface area contributed by atoms with E-state index in [4.69, 9.17) is 23.2 Å². The number of amides is 4. The van der Waals surface area contributed by atoms with Crippen LogP contribution in [0.5, 0.6) is 0 Å². The highest BCUT2D eigenvalue weighted by Gasteiger charge is 2.50. The van der Waals surface area contributed by atoms with E-state index in [1.165, 1.54) is 25.1 Å². The average Bonchev–Trinajstić information content (AvgIpc) is 2.82. The van der Waals surface area contributed by atoms with E-state index in [0.29, 0.717) is 16.1 Å². The number of hydrogen-bond donors (Lipinski definition) is 2. The van der Waals surface area contributed by atoms with Crippen molar-refractivity contribution in [3.8, 4) is 0 Å². The molecule has 0 bridgehead atoms. The zero-order chi connectivity index (χ0) is 20.6. The van der Waals surface area contributed by atoms with Gasteiger partial charge in [-0.05, 0) is 43.7 Å². The van der Waals surface area contributed by atoms with Crippen LogP contribution in [-0.4, -0.2) is 29.3 Å². The molecule has 0 aromatic heterocycles. The summed E-state index contributed by atoms with van der Waals surface area (Å²) in [7, 11) is 0. The molecule has 2 aromatic carbocycles. The van der Waals surface area contributed by atoms with Crippen LogP contribution in [0, 0.1) is 12.7 Å². The monoisotopic (exact) mass is 423 g/mol. The number of hydrogen-bond acceptors (Lipinski definition) is 3. The van der Waals surface area contributed by atoms with Gasteiger partial charge in [0.25, 0.3) is 5.91 Å². The smallest absolute Gasteiger partial charge is 0.324 e. The lowest BCUT2D eigenvalue weighted by Crippen LogP contribution is -2.42. The van der Waals surface area contributed by atoms with Crippen molar-refractivity contribution in [3.05, 3.63) is 63.4 Å². The molecular formula is C19H16Cl2FN3O3. The van der Waals surface area contributed by atoms with Crippen molar-refractivity contribution in [2.24, 2.45) is 0 Å². The molecule has 1 heterocycles. The van der Waals surface area contributed by atoms with Crippen LogP contribution in [0.3, 0.4) is 0 Å². The zero-order valence-corrected chi connectivity index (χ0v) is 16.5. The van der Waals surface area contributed by atoms with Crippen LogP contribution in [0.1, 0.15) is 18.1 Å². The number of urea groups is 1. The number of rotatable bonds is 4. The molecule has 4 amide bonds. The third-order valence-corrected chi connectivity index (χ3v) is 5.05. The largest absolute Gasteiger partial charge is 0.325 e. The summed E-state index contributed by atoms with van der Waals surface area (Å²) < 4.78 is 13.6. The molecule has 0 spiro atoms. The minimum absolute atomic E-state index is 0.213. The quantitative estimate of drug-likeness (QED) is 0.733. The summed E-state index contributed by atoms with van der Waals surface area (Å²) in [6.07, 6.45) is 0. The van der Waals surface area contributed by atoms with Crippen molar-refractivity contribution in [1.29, 1.82) is 0 Å². The lowest BCUT2D eigenvalue weighted by molar-refractivity contribution is -0.133. The number of imide groups is 1. The van der Waals surface area contributed by atoms with Gasteiger partial charge in [0.05, 0.1) is 0 Å². The molecular weight excluding hydrogens is 408 g/mol. The lowest BCUT2D eigenvalue weighted by atomic mass is 9.92. The first-order chi connectivity index (χ1) is 13.1. The topological polar surface area (TPSA) is 78.5 Å². The predicted octanol–water partition coefficient (Wildman–Crippen LogP) is 3.85. The van der Waals surface area contributed by atoms with Gasteiger partial charge in [-0.25, -0.2) is 9.18 Å². The van der Waals surface area contributed by atoms with Gasteiger partial charge in [0.1, 0.15) is 17.9 Å². The molecule has 1 fully saturated rings. The Labute approximate surface area is 170 Å². The second-order valence-corrected chi connectivity index (χ2v) is 7.43. The van der Waals surface area contributed by atoms with Gasteiger partial charge < -0.3 is 10.6 Å². The van der Waals surface area contributed by atoms with Crippen LogP contribution in [0.4, 0.5) is 14.9 Å². The van der Waals surface area contributed by atoms with Crippen molar-refractivity contribution in [3.63, 3.8) is 0 Å². The van der Waals surface area contributed by atoms with Crippen molar-refractivity contribution in [1.82, 2.24) is 10.2 Å². The van der Waals surface area contributed by atoms with Gasteiger partial charge in [-0.1, -0.05) is 35.3 Å². The maximum atomic E-state index is 13.6. The molecule has 28 heavy (non-hydrogen) atoms. The number of nitrogens with zero attached hydrogens (tertiary/aromatic N) is 1. The van der Waals surface area contributed by atoms with E-state index in [0.717, 1.165) is 11.0 Å². The number of carbonyl (C=O) groups excluding carboxylic acids is 3. The van der Waals surface area contributed by atoms with E-state index in [-0.39, 0.29) is 10.7 Å². The molecule has 9 heteroatoms. The number of halogens is 3. The van der Waals surface area contributed by atoms with Crippen LogP contribution in [0.2, 0.25) is 10.0 Å². The van der Waals surface area contributed by atoms with Gasteiger partial charge in [0.15, 0.2) is 0 Å². The molecule has 6 nitrogen and oxygen atoms in total. The molecule has 0 aliphatic carbocycles. The summed E-state index contributed by atoms with van der Waals surface area (Å²) in [4.78, 5) is 38.2. The van der Waals surface area contributed by atoms with Gasteiger partial charge in [-0.3, -0.25) is 14.5 Å². The third-order valence-electron chi connectivity index (χ3n) is 4.50. The number of carbonyl (C=O) groups is 3. The van der Waals surface area contributed by atoms with Crippen LogP contribution >= 0.6 is 23.2 Å². The fourth-order valence-corrected chi connectivity index (χ4v) is 3.53.